The molecular weight excluding hydrogens is 270 g/mol. The molecule has 5 atom stereocenters. The molecule has 0 radical (unpaired) electrons. The van der Waals surface area contributed by atoms with Crippen molar-refractivity contribution in [2.75, 3.05) is 7.05 Å². The Balaban J connectivity index is 1.78. The number of hydrogen-bond donors (Lipinski definition) is 0. The predicted octanol–water partition coefficient (Wildman–Crippen LogP) is 5.27. The van der Waals surface area contributed by atoms with Gasteiger partial charge in [-0.2, -0.15) is 0 Å². The van der Waals surface area contributed by atoms with Gasteiger partial charge in [-0.1, -0.05) is 45.3 Å². The number of fused-ring (bicyclic) bond motifs is 4. The molecule has 0 amide bonds. The second kappa shape index (κ2) is 4.88. The lowest BCUT2D eigenvalue weighted by Crippen LogP contribution is -2.42. The van der Waals surface area contributed by atoms with E-state index >= 15 is 0 Å². The summed E-state index contributed by atoms with van der Waals surface area (Å²) >= 11 is 0. The van der Waals surface area contributed by atoms with Crippen molar-refractivity contribution in [2.24, 2.45) is 17.8 Å². The van der Waals surface area contributed by atoms with Crippen LogP contribution >= 0.6 is 0 Å². The zero-order valence-electron chi connectivity index (χ0n) is 14.5. The Morgan fingerprint density at radius 1 is 0.857 bits per heavy atom. The van der Waals surface area contributed by atoms with Crippen LogP contribution in [0.3, 0.4) is 0 Å². The fraction of sp³-hybridized carbons (Fsp3) is 0.895. The van der Waals surface area contributed by atoms with Crippen LogP contribution in [0.4, 0.5) is 0 Å². The predicted molar refractivity (Wildman–Crippen MR) is 93.1 cm³/mol. The molecule has 118 valence electrons. The van der Waals surface area contributed by atoms with Crippen LogP contribution in [-0.4, -0.2) is 26.1 Å². The summed E-state index contributed by atoms with van der Waals surface area (Å²) in [6.45, 7) is 7.94. The van der Waals surface area contributed by atoms with Crippen molar-refractivity contribution in [2.45, 2.75) is 82.6 Å². The van der Waals surface area contributed by atoms with E-state index in [0.717, 1.165) is 29.3 Å². The van der Waals surface area contributed by atoms with Crippen LogP contribution in [-0.2, 0) is 0 Å². The molecular formula is C19H33NSi. The van der Waals surface area contributed by atoms with E-state index in [4.69, 9.17) is 0 Å². The van der Waals surface area contributed by atoms with E-state index in [1.165, 1.54) is 51.4 Å². The van der Waals surface area contributed by atoms with Crippen molar-refractivity contribution in [1.82, 2.24) is 4.90 Å². The van der Waals surface area contributed by atoms with Gasteiger partial charge in [-0.3, -0.25) is 0 Å². The normalized spacial score (nSPS) is 42.9. The van der Waals surface area contributed by atoms with Crippen LogP contribution in [0.5, 0.6) is 0 Å². The highest BCUT2D eigenvalue weighted by molar-refractivity contribution is 6.78. The van der Waals surface area contributed by atoms with Crippen LogP contribution in [0.15, 0.2) is 11.3 Å². The van der Waals surface area contributed by atoms with Crippen LogP contribution in [0.2, 0.25) is 25.2 Å². The van der Waals surface area contributed by atoms with Crippen molar-refractivity contribution in [3.8, 4) is 0 Å². The zero-order valence-corrected chi connectivity index (χ0v) is 15.5. The van der Waals surface area contributed by atoms with Crippen LogP contribution in [0, 0.1) is 17.8 Å². The lowest BCUT2D eigenvalue weighted by Gasteiger charge is -2.44. The molecule has 0 spiro atoms. The van der Waals surface area contributed by atoms with Gasteiger partial charge in [0.05, 0.1) is 8.07 Å². The van der Waals surface area contributed by atoms with Gasteiger partial charge in [0.25, 0.3) is 0 Å². The molecule has 2 heteroatoms. The van der Waals surface area contributed by atoms with Crippen molar-refractivity contribution in [1.29, 1.82) is 0 Å². The maximum atomic E-state index is 2.79. The lowest BCUT2D eigenvalue weighted by atomic mass is 9.76. The Morgan fingerprint density at radius 2 is 1.48 bits per heavy atom. The molecule has 1 nitrogen and oxygen atoms in total. The van der Waals surface area contributed by atoms with E-state index in [9.17, 15) is 0 Å². The molecule has 0 aromatic carbocycles. The monoisotopic (exact) mass is 303 g/mol. The molecule has 0 bridgehead atoms. The van der Waals surface area contributed by atoms with Crippen molar-refractivity contribution in [3.05, 3.63) is 11.3 Å². The zero-order chi connectivity index (χ0) is 14.8. The number of allylic oxidation sites excluding steroid dienone is 1. The second-order valence-electron chi connectivity index (χ2n) is 9.31. The lowest BCUT2D eigenvalue weighted by molar-refractivity contribution is 0.165. The first kappa shape index (κ1) is 14.4. The third-order valence-corrected chi connectivity index (χ3v) is 9.77. The van der Waals surface area contributed by atoms with Gasteiger partial charge in [-0.15, -0.1) is 0 Å². The van der Waals surface area contributed by atoms with E-state index in [1.807, 2.05) is 11.3 Å². The van der Waals surface area contributed by atoms with Crippen molar-refractivity contribution >= 4 is 8.07 Å². The Morgan fingerprint density at radius 3 is 2.19 bits per heavy atom. The maximum absolute atomic E-state index is 2.79. The van der Waals surface area contributed by atoms with Crippen LogP contribution < -0.4 is 0 Å². The molecule has 3 aliphatic carbocycles. The molecule has 0 saturated heterocycles. The van der Waals surface area contributed by atoms with E-state index < -0.39 is 8.07 Å². The summed E-state index contributed by atoms with van der Waals surface area (Å²) in [6.07, 6.45) is 11.9. The number of nitrogens with zero attached hydrogens (tertiary/aromatic N) is 1. The fourth-order valence-corrected chi connectivity index (χ4v) is 9.59. The Labute approximate surface area is 132 Å². The molecule has 1 heterocycles. The van der Waals surface area contributed by atoms with Crippen LogP contribution in [0.1, 0.15) is 51.4 Å². The fourth-order valence-electron chi connectivity index (χ4n) is 6.61. The molecule has 4 rings (SSSR count). The first-order valence-corrected chi connectivity index (χ1v) is 13.0. The molecule has 21 heavy (non-hydrogen) atoms. The average Bonchev–Trinajstić information content (AvgIpc) is 2.93. The number of rotatable bonds is 1. The minimum Gasteiger partial charge on any atom is -0.374 e. The van der Waals surface area contributed by atoms with Gasteiger partial charge < -0.3 is 4.90 Å². The van der Waals surface area contributed by atoms with Gasteiger partial charge >= 0.3 is 0 Å². The summed E-state index contributed by atoms with van der Waals surface area (Å²) in [5, 5.41) is 0. The highest BCUT2D eigenvalue weighted by Gasteiger charge is 2.56. The van der Waals surface area contributed by atoms with Crippen LogP contribution in [0.25, 0.3) is 0 Å². The van der Waals surface area contributed by atoms with Gasteiger partial charge in [-0.25, -0.2) is 0 Å². The SMILES string of the molecule is CN1C2=C(C3CCCCC31)C([Si](C)(C)C)C1CCCCC21. The molecule has 2 saturated carbocycles. The third-order valence-electron chi connectivity index (χ3n) is 7.17. The molecule has 0 aromatic heterocycles. The summed E-state index contributed by atoms with van der Waals surface area (Å²) in [6, 6.07) is 0.880. The topological polar surface area (TPSA) is 3.24 Å². The first-order chi connectivity index (χ1) is 10.00. The van der Waals surface area contributed by atoms with E-state index in [0.29, 0.717) is 0 Å². The standard InChI is InChI=1S/C19H33NSi/c1-20-16-12-8-7-11-15(16)17-18(20)13-9-5-6-10-14(13)19(17)21(2,3)4/h13-16,19H,5-12H2,1-4H3. The minimum atomic E-state index is -1.11. The van der Waals surface area contributed by atoms with Gasteiger partial charge in [0, 0.05) is 30.6 Å². The highest BCUT2D eigenvalue weighted by Crippen LogP contribution is 2.63. The summed E-state index contributed by atoms with van der Waals surface area (Å²) < 4.78 is 0. The first-order valence-electron chi connectivity index (χ1n) is 9.47. The Hall–Kier alpha value is -0.243. The quantitative estimate of drug-likeness (QED) is 0.596. The summed E-state index contributed by atoms with van der Waals surface area (Å²) in [4.78, 5) is 2.79. The highest BCUT2D eigenvalue weighted by atomic mass is 28.3. The molecule has 4 aliphatic rings. The summed E-state index contributed by atoms with van der Waals surface area (Å²) in [5.41, 5.74) is 4.90. The number of hydrogen-bond acceptors (Lipinski definition) is 1. The largest absolute Gasteiger partial charge is 0.374 e. The minimum absolute atomic E-state index is 0.880. The third kappa shape index (κ3) is 2.00. The molecule has 5 unspecified atom stereocenters. The van der Waals surface area contributed by atoms with Gasteiger partial charge in [0.2, 0.25) is 0 Å². The summed E-state index contributed by atoms with van der Waals surface area (Å²) in [5.74, 6) is 2.92. The molecule has 1 aliphatic heterocycles. The van der Waals surface area contributed by atoms with Gasteiger partial charge in [0.15, 0.2) is 0 Å². The van der Waals surface area contributed by atoms with E-state index in [-0.39, 0.29) is 0 Å². The average molecular weight is 304 g/mol. The van der Waals surface area contributed by atoms with Gasteiger partial charge in [0.1, 0.15) is 0 Å². The van der Waals surface area contributed by atoms with Gasteiger partial charge in [-0.05, 0) is 42.7 Å². The Bertz CT molecular complexity index is 459. The summed E-state index contributed by atoms with van der Waals surface area (Å²) in [7, 11) is 1.34. The smallest absolute Gasteiger partial charge is 0.0522 e. The molecule has 0 aromatic rings. The van der Waals surface area contributed by atoms with E-state index in [1.54, 1.807) is 0 Å². The molecule has 2 fully saturated rings. The second-order valence-corrected chi connectivity index (χ2v) is 14.7. The Kier molecular flexibility index (Phi) is 3.33. The van der Waals surface area contributed by atoms with E-state index in [2.05, 4.69) is 31.6 Å². The number of likely N-dealkylation sites (tertiary alicyclic amines) is 1. The van der Waals surface area contributed by atoms with Crippen molar-refractivity contribution < 1.29 is 0 Å². The maximum Gasteiger partial charge on any atom is 0.0522 e. The molecule has 0 N–H and O–H groups in total. The van der Waals surface area contributed by atoms with Crippen molar-refractivity contribution in [3.63, 3.8) is 0 Å².